The quantitative estimate of drug-likeness (QED) is 0.129. The summed E-state index contributed by atoms with van der Waals surface area (Å²) in [7, 11) is -17.4. The molecule has 4 saturated heterocycles. The van der Waals surface area contributed by atoms with Crippen molar-refractivity contribution >= 4 is 72.6 Å². The fourth-order valence-electron chi connectivity index (χ4n) is 4.14. The average Bonchev–Trinajstić information content (AvgIpc) is 2.75. The molecule has 49 heavy (non-hydrogen) atoms. The van der Waals surface area contributed by atoms with Gasteiger partial charge in [0.25, 0.3) is 0 Å². The molecule has 4 rings (SSSR count). The van der Waals surface area contributed by atoms with E-state index in [9.17, 15) is 4.80 Å². The summed E-state index contributed by atoms with van der Waals surface area (Å²) >= 11 is 0. The van der Waals surface area contributed by atoms with Crippen LogP contribution in [0, 0.1) is 0 Å². The predicted molar refractivity (Wildman–Crippen MR) is 171 cm³/mol. The highest BCUT2D eigenvalue weighted by Gasteiger charge is 2.87. The number of hydrogen-bond donors (Lipinski definition) is 1. The molecule has 1 N–H and O–H groups in total. The molecule has 4 aliphatic rings. The van der Waals surface area contributed by atoms with Gasteiger partial charge in [-0.05, 0) is 0 Å². The average molecular weight is 854 g/mol. The van der Waals surface area contributed by atoms with Gasteiger partial charge in [-0.25, -0.2) is 35.4 Å². The fourth-order valence-corrected chi connectivity index (χ4v) is 36.0. The summed E-state index contributed by atoms with van der Waals surface area (Å²) < 4.78 is 114. The molecule has 26 nitrogen and oxygen atoms in total. The molecule has 0 aromatic heterocycles. The summed E-state index contributed by atoms with van der Waals surface area (Å²) in [6.07, 6.45) is 0. The van der Waals surface area contributed by atoms with Gasteiger partial charge >= 0.3 is 72.6 Å². The van der Waals surface area contributed by atoms with E-state index in [0.29, 0.717) is 0 Å². The highest BCUT2D eigenvalue weighted by atomic mass is 28.6. The fraction of sp³-hybridized carbons (Fsp3) is 1.00. The molecule has 0 radical (unpaired) electrons. The smallest absolute Gasteiger partial charge is 0.374 e. The molecular weight excluding hydrogens is 807 g/mol. The Balaban J connectivity index is 2.15. The van der Waals surface area contributed by atoms with Gasteiger partial charge in [0.15, 0.2) is 0 Å². The highest BCUT2D eigenvalue weighted by Crippen LogP contribution is 2.45. The number of hydroxylamine groups is 14. The molecule has 4 aliphatic heterocycles. The van der Waals surface area contributed by atoms with E-state index in [0.717, 1.165) is 10.1 Å². The summed E-state index contributed by atoms with van der Waals surface area (Å²) in [6, 6.07) is 0. The molecule has 0 amide bonds. The van der Waals surface area contributed by atoms with Crippen LogP contribution in [0.3, 0.4) is 0 Å². The molecule has 0 aromatic carbocycles. The first kappa shape index (κ1) is 42.4. The molecule has 34 heteroatoms. The maximum atomic E-state index is 12.2. The SMILES string of the molecule is CN(C)O[SiH]1O[Si]2(C)O[Si]3(ON(C)C)O[Si](O)(ON(C)C)O[Si]4(ON(C)C)O[Si](ON(C)C)(O1)O[Si](ON(C)C)(O2)O[Si](ON(C)C)(O3)O4. The van der Waals surface area contributed by atoms with Crippen molar-refractivity contribution in [2.45, 2.75) is 6.55 Å². The van der Waals surface area contributed by atoms with E-state index in [2.05, 4.69) is 0 Å². The third kappa shape index (κ3) is 10.9. The Morgan fingerprint density at radius 3 is 1.06 bits per heavy atom. The largest absolute Gasteiger partial charge is 0.682 e. The Hall–Kier alpha value is 0.695. The predicted octanol–water partition coefficient (Wildman–Crippen LogP) is -4.43. The van der Waals surface area contributed by atoms with Gasteiger partial charge in [0.05, 0.1) is 0 Å². The molecule has 288 valence electrons. The lowest BCUT2D eigenvalue weighted by Crippen LogP contribution is -2.87. The van der Waals surface area contributed by atoms with Gasteiger partial charge in [-0.15, -0.1) is 0 Å². The summed E-state index contributed by atoms with van der Waals surface area (Å²) in [4.78, 5) is 12.2. The number of rotatable bonds is 14. The third-order valence-corrected chi connectivity index (χ3v) is 32.6. The number of hydrogen-bond acceptors (Lipinski definition) is 26. The van der Waals surface area contributed by atoms with Crippen LogP contribution in [0.1, 0.15) is 0 Å². The zero-order valence-electron chi connectivity index (χ0n) is 30.0. The Labute approximate surface area is 294 Å². The lowest BCUT2D eigenvalue weighted by atomic mass is 11.2. The van der Waals surface area contributed by atoms with E-state index in [1.807, 2.05) is 0 Å². The van der Waals surface area contributed by atoms with Crippen molar-refractivity contribution in [1.29, 1.82) is 0 Å². The second-order valence-electron chi connectivity index (χ2n) is 11.7. The van der Waals surface area contributed by atoms with Crippen LogP contribution < -0.4 is 0 Å². The second-order valence-corrected chi connectivity index (χ2v) is 30.6. The second kappa shape index (κ2) is 15.4. The minimum atomic E-state index is -5.24. The van der Waals surface area contributed by atoms with Gasteiger partial charge in [0.2, 0.25) is 0 Å². The van der Waals surface area contributed by atoms with Crippen LogP contribution in [0.25, 0.3) is 0 Å². The monoisotopic (exact) mass is 853 g/mol. The van der Waals surface area contributed by atoms with E-state index >= 15 is 0 Å². The van der Waals surface area contributed by atoms with E-state index in [-0.39, 0.29) is 0 Å². The van der Waals surface area contributed by atoms with Crippen molar-refractivity contribution in [3.63, 3.8) is 0 Å². The Kier molecular flexibility index (Phi) is 13.4. The molecule has 0 saturated carbocycles. The topological polar surface area (TPSA) is 209 Å². The van der Waals surface area contributed by atoms with Crippen LogP contribution in [0.4, 0.5) is 0 Å². The normalized spacial score (nSPS) is 41.6. The zero-order valence-corrected chi connectivity index (χ0v) is 38.2. The maximum absolute atomic E-state index is 12.2. The standard InChI is InChI=1S/C15H47N7O19Si8/c1-16(2)24-42-31-43(15)33-46(27-19(7)8)35-44(23,25-17(3)4)36-48(29-21(11)12)38-45(32-42,26-18(5)6)37-47(34-43,28-20(9)10)40-49(39-46,41-48)30-22(13)14/h23,42H,1-15H3. The molecule has 8 atom stereocenters. The molecule has 0 aromatic rings. The third-order valence-electron chi connectivity index (χ3n) is 5.00. The lowest BCUT2D eigenvalue weighted by Gasteiger charge is -2.54. The van der Waals surface area contributed by atoms with E-state index in [4.69, 9.17) is 77.0 Å². The van der Waals surface area contributed by atoms with E-state index in [1.165, 1.54) is 116 Å². The Morgan fingerprint density at radius 1 is 0.388 bits per heavy atom. The first-order valence-electron chi connectivity index (χ1n) is 14.3. The van der Waals surface area contributed by atoms with Crippen LogP contribution in [-0.2, 0) is 77.0 Å². The zero-order chi connectivity index (χ0) is 36.8. The summed E-state index contributed by atoms with van der Waals surface area (Å²) in [5.41, 5.74) is 0. The van der Waals surface area contributed by atoms with Crippen molar-refractivity contribution in [3.05, 3.63) is 0 Å². The Bertz CT molecular complexity index is 1140. The van der Waals surface area contributed by atoms with Crippen molar-refractivity contribution in [1.82, 2.24) is 35.4 Å². The number of nitrogens with zero attached hydrogens (tertiary/aromatic N) is 7. The molecule has 8 unspecified atom stereocenters. The first-order valence-corrected chi connectivity index (χ1v) is 27.8. The minimum absolute atomic E-state index is 1.10. The molecular formula is C15H47N7O19Si8. The highest BCUT2D eigenvalue weighted by molar-refractivity contribution is 6.94. The van der Waals surface area contributed by atoms with Crippen LogP contribution in [-0.4, -0.2) is 212 Å². The molecule has 4 fully saturated rings. The summed E-state index contributed by atoms with van der Waals surface area (Å²) in [5.74, 6) is 0. The number of fused-ring (bicyclic) bond motifs is 4. The van der Waals surface area contributed by atoms with Crippen molar-refractivity contribution in [3.8, 4) is 0 Å². The van der Waals surface area contributed by atoms with Crippen molar-refractivity contribution in [2.24, 2.45) is 0 Å². The van der Waals surface area contributed by atoms with Crippen LogP contribution in [0.5, 0.6) is 0 Å². The minimum Gasteiger partial charge on any atom is -0.374 e. The van der Waals surface area contributed by atoms with Crippen LogP contribution in [0.15, 0.2) is 0 Å². The van der Waals surface area contributed by atoms with E-state index in [1.54, 1.807) is 14.1 Å². The first-order chi connectivity index (χ1) is 22.4. The molecule has 4 heterocycles. The molecule has 6 bridgehead atoms. The van der Waals surface area contributed by atoms with Gasteiger partial charge < -0.3 is 50.1 Å². The summed E-state index contributed by atoms with van der Waals surface area (Å²) in [5, 5.41) is 8.40. The summed E-state index contributed by atoms with van der Waals surface area (Å²) in [6.45, 7) is 1.43. The molecule has 0 spiro atoms. The van der Waals surface area contributed by atoms with Gasteiger partial charge in [0, 0.05) is 105 Å². The lowest BCUT2D eigenvalue weighted by molar-refractivity contribution is -0.222. The van der Waals surface area contributed by atoms with Gasteiger partial charge in [-0.2, -0.15) is 0 Å². The van der Waals surface area contributed by atoms with Crippen molar-refractivity contribution in [2.75, 3.05) is 98.7 Å². The van der Waals surface area contributed by atoms with Gasteiger partial charge in [0.1, 0.15) is 0 Å². The van der Waals surface area contributed by atoms with Crippen LogP contribution >= 0.6 is 0 Å². The Morgan fingerprint density at radius 2 is 0.694 bits per heavy atom. The molecule has 0 aliphatic carbocycles. The maximum Gasteiger partial charge on any atom is 0.682 e. The van der Waals surface area contributed by atoms with Gasteiger partial charge in [-0.1, -0.05) is 0 Å². The van der Waals surface area contributed by atoms with E-state index < -0.39 is 72.6 Å². The van der Waals surface area contributed by atoms with Crippen LogP contribution in [0.2, 0.25) is 6.55 Å². The van der Waals surface area contributed by atoms with Crippen molar-refractivity contribution < 1.29 is 81.7 Å². The van der Waals surface area contributed by atoms with Gasteiger partial charge in [-0.3, -0.25) is 31.7 Å².